The zero-order chi connectivity index (χ0) is 20.3. The molecule has 5 rings (SSSR count). The van der Waals surface area contributed by atoms with Crippen LogP contribution in [-0.2, 0) is 9.47 Å². The summed E-state index contributed by atoms with van der Waals surface area (Å²) in [5.41, 5.74) is 1.89. The lowest BCUT2D eigenvalue weighted by molar-refractivity contribution is 0.00686. The molecule has 0 radical (unpaired) electrons. The van der Waals surface area contributed by atoms with Gasteiger partial charge >= 0.3 is 0 Å². The van der Waals surface area contributed by atoms with E-state index in [-0.39, 0.29) is 24.2 Å². The van der Waals surface area contributed by atoms with Crippen molar-refractivity contribution >= 4 is 17.0 Å². The van der Waals surface area contributed by atoms with Crippen LogP contribution in [0.25, 0.3) is 11.2 Å². The van der Waals surface area contributed by atoms with Gasteiger partial charge in [0.15, 0.2) is 17.0 Å². The molecule has 2 fully saturated rings. The third kappa shape index (κ3) is 3.86. The van der Waals surface area contributed by atoms with Crippen LogP contribution in [0.1, 0.15) is 37.5 Å². The summed E-state index contributed by atoms with van der Waals surface area (Å²) in [6.07, 6.45) is 6.40. The molecule has 0 bridgehead atoms. The summed E-state index contributed by atoms with van der Waals surface area (Å²) in [7, 11) is 0. The van der Waals surface area contributed by atoms with Crippen molar-refractivity contribution < 1.29 is 13.9 Å². The van der Waals surface area contributed by atoms with Crippen molar-refractivity contribution in [3.8, 4) is 11.8 Å². The molecule has 1 N–H and O–H groups in total. The molecule has 2 saturated heterocycles. The number of hydrogen-bond donors (Lipinski definition) is 1. The van der Waals surface area contributed by atoms with Gasteiger partial charge in [-0.2, -0.15) is 0 Å². The van der Waals surface area contributed by atoms with E-state index in [2.05, 4.69) is 32.1 Å². The van der Waals surface area contributed by atoms with Crippen LogP contribution in [0.5, 0.6) is 0 Å². The summed E-state index contributed by atoms with van der Waals surface area (Å²) in [5.74, 6) is 6.37. The molecule has 2 aliphatic heterocycles. The third-order valence-electron chi connectivity index (χ3n) is 5.45. The lowest BCUT2D eigenvalue weighted by Crippen LogP contribution is -2.20. The van der Waals surface area contributed by atoms with E-state index in [4.69, 9.17) is 9.47 Å². The van der Waals surface area contributed by atoms with E-state index < -0.39 is 0 Å². The Hall–Kier alpha value is -3.02. The first-order valence-corrected chi connectivity index (χ1v) is 10.2. The predicted octanol–water partition coefficient (Wildman–Crippen LogP) is 3.29. The fraction of sp³-hybridized carbons (Fsp3) is 0.409. The van der Waals surface area contributed by atoms with Crippen LogP contribution in [-0.4, -0.2) is 44.9 Å². The van der Waals surface area contributed by atoms with Gasteiger partial charge in [0.1, 0.15) is 18.4 Å². The number of imidazole rings is 1. The number of anilines is 1. The number of halogens is 1. The maximum Gasteiger partial charge on any atom is 0.167 e. The highest BCUT2D eigenvalue weighted by Crippen LogP contribution is 2.32. The first kappa shape index (κ1) is 19.0. The molecule has 1 aromatic carbocycles. The quantitative estimate of drug-likeness (QED) is 0.669. The van der Waals surface area contributed by atoms with Crippen molar-refractivity contribution in [3.05, 3.63) is 48.3 Å². The minimum atomic E-state index is -0.298. The molecule has 3 atom stereocenters. The van der Waals surface area contributed by atoms with E-state index >= 15 is 0 Å². The third-order valence-corrected chi connectivity index (χ3v) is 5.45. The zero-order valence-corrected chi connectivity index (χ0v) is 16.4. The molecule has 1 unspecified atom stereocenters. The van der Waals surface area contributed by atoms with Crippen molar-refractivity contribution in [1.29, 1.82) is 0 Å². The molecule has 0 spiro atoms. The SMILES string of the molecule is Fc1ccccc1C#CC[C@H]1CC[C@H](n2cnc3c(NC4CCOC4)ncnc32)O1. The summed E-state index contributed by atoms with van der Waals surface area (Å²) in [4.78, 5) is 13.3. The molecule has 0 aliphatic carbocycles. The van der Waals surface area contributed by atoms with Crippen LogP contribution in [0, 0.1) is 17.7 Å². The van der Waals surface area contributed by atoms with Crippen LogP contribution < -0.4 is 5.32 Å². The molecule has 154 valence electrons. The molecular formula is C22H22FN5O2. The van der Waals surface area contributed by atoms with E-state index in [0.717, 1.165) is 42.9 Å². The number of rotatable bonds is 4. The van der Waals surface area contributed by atoms with Gasteiger partial charge in [-0.3, -0.25) is 4.57 Å². The smallest absolute Gasteiger partial charge is 0.167 e. The largest absolute Gasteiger partial charge is 0.379 e. The molecule has 3 aromatic rings. The van der Waals surface area contributed by atoms with Crippen LogP contribution in [0.15, 0.2) is 36.9 Å². The highest BCUT2D eigenvalue weighted by molar-refractivity contribution is 5.82. The summed E-state index contributed by atoms with van der Waals surface area (Å²) < 4.78 is 27.2. The number of ether oxygens (including phenoxy) is 2. The maximum absolute atomic E-state index is 13.7. The van der Waals surface area contributed by atoms with Crippen molar-refractivity contribution in [2.24, 2.45) is 0 Å². The highest BCUT2D eigenvalue weighted by Gasteiger charge is 2.28. The number of fused-ring (bicyclic) bond motifs is 1. The minimum absolute atomic E-state index is 0.00166. The van der Waals surface area contributed by atoms with Crippen molar-refractivity contribution in [1.82, 2.24) is 19.5 Å². The van der Waals surface area contributed by atoms with Gasteiger partial charge in [0.2, 0.25) is 0 Å². The Kier molecular flexibility index (Phi) is 5.30. The van der Waals surface area contributed by atoms with Crippen LogP contribution in [0.2, 0.25) is 0 Å². The number of hydrogen-bond acceptors (Lipinski definition) is 6. The topological polar surface area (TPSA) is 74.1 Å². The molecule has 8 heteroatoms. The Labute approximate surface area is 173 Å². The van der Waals surface area contributed by atoms with Gasteiger partial charge < -0.3 is 14.8 Å². The number of nitrogens with zero attached hydrogens (tertiary/aromatic N) is 4. The van der Waals surface area contributed by atoms with Crippen LogP contribution >= 0.6 is 0 Å². The molecule has 0 saturated carbocycles. The normalized spacial score (nSPS) is 23.4. The first-order chi connectivity index (χ1) is 14.8. The monoisotopic (exact) mass is 407 g/mol. The molecular weight excluding hydrogens is 385 g/mol. The average molecular weight is 407 g/mol. The van der Waals surface area contributed by atoms with E-state index in [9.17, 15) is 4.39 Å². The first-order valence-electron chi connectivity index (χ1n) is 10.2. The van der Waals surface area contributed by atoms with Gasteiger partial charge in [-0.1, -0.05) is 24.0 Å². The maximum atomic E-state index is 13.7. The summed E-state index contributed by atoms with van der Waals surface area (Å²) in [6, 6.07) is 6.78. The van der Waals surface area contributed by atoms with Gasteiger partial charge in [-0.25, -0.2) is 19.3 Å². The van der Waals surface area contributed by atoms with Crippen LogP contribution in [0.4, 0.5) is 10.2 Å². The fourth-order valence-electron chi connectivity index (χ4n) is 3.87. The second-order valence-electron chi connectivity index (χ2n) is 7.53. The Morgan fingerprint density at radius 1 is 1.17 bits per heavy atom. The average Bonchev–Trinajstić information content (AvgIpc) is 3.50. The summed E-state index contributed by atoms with van der Waals surface area (Å²) >= 11 is 0. The lowest BCUT2D eigenvalue weighted by Gasteiger charge is -2.14. The van der Waals surface area contributed by atoms with E-state index in [1.807, 2.05) is 4.57 Å². The molecule has 7 nitrogen and oxygen atoms in total. The fourth-order valence-corrected chi connectivity index (χ4v) is 3.87. The Morgan fingerprint density at radius 2 is 2.10 bits per heavy atom. The van der Waals surface area contributed by atoms with Crippen molar-refractivity contribution in [2.45, 2.75) is 44.1 Å². The van der Waals surface area contributed by atoms with E-state index in [0.29, 0.717) is 18.6 Å². The van der Waals surface area contributed by atoms with E-state index in [1.54, 1.807) is 30.9 Å². The highest BCUT2D eigenvalue weighted by atomic mass is 19.1. The second kappa shape index (κ2) is 8.38. The van der Waals surface area contributed by atoms with Gasteiger partial charge in [-0.05, 0) is 31.4 Å². The van der Waals surface area contributed by atoms with Gasteiger partial charge in [0, 0.05) is 13.0 Å². The Balaban J connectivity index is 1.27. The van der Waals surface area contributed by atoms with Crippen LogP contribution in [0.3, 0.4) is 0 Å². The Morgan fingerprint density at radius 3 is 2.97 bits per heavy atom. The standard InChI is InChI=1S/C22H22FN5O2/c23-18-7-2-1-4-15(18)5-3-6-17-8-9-19(30-17)28-14-26-20-21(24-13-25-22(20)28)27-16-10-11-29-12-16/h1-2,4,7,13-14,16-17,19H,6,8-12H2,(H,24,25,27)/t16?,17-,19+/m0/s1. The molecule has 4 heterocycles. The number of benzene rings is 1. The molecule has 30 heavy (non-hydrogen) atoms. The van der Waals surface area contributed by atoms with Gasteiger partial charge in [-0.15, -0.1) is 0 Å². The summed E-state index contributed by atoms with van der Waals surface area (Å²) in [6.45, 7) is 1.44. The number of nitrogens with one attached hydrogen (secondary N) is 1. The zero-order valence-electron chi connectivity index (χ0n) is 16.4. The Bertz CT molecular complexity index is 1100. The molecule has 0 amide bonds. The van der Waals surface area contributed by atoms with E-state index in [1.165, 1.54) is 6.07 Å². The molecule has 2 aromatic heterocycles. The lowest BCUT2D eigenvalue weighted by atomic mass is 10.1. The summed E-state index contributed by atoms with van der Waals surface area (Å²) in [5, 5.41) is 3.40. The van der Waals surface area contributed by atoms with Crippen molar-refractivity contribution in [3.63, 3.8) is 0 Å². The van der Waals surface area contributed by atoms with Gasteiger partial charge in [0.05, 0.1) is 30.6 Å². The van der Waals surface area contributed by atoms with Gasteiger partial charge in [0.25, 0.3) is 0 Å². The molecule has 2 aliphatic rings. The minimum Gasteiger partial charge on any atom is -0.379 e. The van der Waals surface area contributed by atoms with Crippen molar-refractivity contribution in [2.75, 3.05) is 18.5 Å². The number of aromatic nitrogens is 4. The predicted molar refractivity (Wildman–Crippen MR) is 109 cm³/mol. The second-order valence-corrected chi connectivity index (χ2v) is 7.53.